The zero-order chi connectivity index (χ0) is 26.3. The molecule has 0 radical (unpaired) electrons. The molecule has 0 aliphatic heterocycles. The molecule has 0 unspecified atom stereocenters. The minimum atomic E-state index is -0.318. The van der Waals surface area contributed by atoms with Crippen LogP contribution in [0.2, 0.25) is 0 Å². The number of hydrogen-bond donors (Lipinski definition) is 3. The second-order valence-electron chi connectivity index (χ2n) is 8.72. The SMILES string of the molecule is Nc1ccccc1NC(=O)c1ccc(CNC(=O)c2cc(OCc3ccccc3)c3ccccc3n2)cc1. The Morgan fingerprint density at radius 2 is 1.47 bits per heavy atom. The van der Waals surface area contributed by atoms with Gasteiger partial charge in [-0.15, -0.1) is 0 Å². The molecule has 188 valence electrons. The lowest BCUT2D eigenvalue weighted by molar-refractivity contribution is 0.0944. The van der Waals surface area contributed by atoms with E-state index in [9.17, 15) is 9.59 Å². The van der Waals surface area contributed by atoms with Gasteiger partial charge in [-0.2, -0.15) is 0 Å². The van der Waals surface area contributed by atoms with Gasteiger partial charge in [0.25, 0.3) is 11.8 Å². The molecule has 0 atom stereocenters. The Balaban J connectivity index is 1.25. The molecular formula is C31H26N4O3. The second-order valence-corrected chi connectivity index (χ2v) is 8.72. The van der Waals surface area contributed by atoms with Crippen molar-refractivity contribution in [2.24, 2.45) is 0 Å². The summed E-state index contributed by atoms with van der Waals surface area (Å²) in [6, 6.07) is 33.2. The minimum Gasteiger partial charge on any atom is -0.488 e. The number of nitrogens with one attached hydrogen (secondary N) is 2. The van der Waals surface area contributed by atoms with Gasteiger partial charge in [0.1, 0.15) is 18.1 Å². The summed E-state index contributed by atoms with van der Waals surface area (Å²) in [5.41, 5.74) is 10.3. The number of aromatic nitrogens is 1. The number of nitrogen functional groups attached to an aromatic ring is 1. The molecule has 4 aromatic carbocycles. The molecule has 4 N–H and O–H groups in total. The van der Waals surface area contributed by atoms with E-state index in [-0.39, 0.29) is 24.1 Å². The summed E-state index contributed by atoms with van der Waals surface area (Å²) >= 11 is 0. The summed E-state index contributed by atoms with van der Waals surface area (Å²) in [5, 5.41) is 6.55. The quantitative estimate of drug-likeness (QED) is 0.240. The zero-order valence-corrected chi connectivity index (χ0v) is 20.6. The van der Waals surface area contributed by atoms with Gasteiger partial charge in [0.15, 0.2) is 0 Å². The number of nitrogens with two attached hydrogens (primary N) is 1. The van der Waals surface area contributed by atoms with Gasteiger partial charge >= 0.3 is 0 Å². The molecule has 2 amide bonds. The van der Waals surface area contributed by atoms with Crippen LogP contribution in [-0.2, 0) is 13.2 Å². The van der Waals surface area contributed by atoms with Crippen molar-refractivity contribution in [1.82, 2.24) is 10.3 Å². The van der Waals surface area contributed by atoms with E-state index in [0.29, 0.717) is 34.8 Å². The Hall–Kier alpha value is -5.17. The van der Waals surface area contributed by atoms with Crippen molar-refractivity contribution in [3.05, 3.63) is 132 Å². The molecule has 0 spiro atoms. The number of fused-ring (bicyclic) bond motifs is 1. The molecule has 0 saturated carbocycles. The number of benzene rings is 4. The normalized spacial score (nSPS) is 10.6. The van der Waals surface area contributed by atoms with E-state index in [4.69, 9.17) is 10.5 Å². The van der Waals surface area contributed by atoms with Gasteiger partial charge in [-0.05, 0) is 47.5 Å². The third-order valence-corrected chi connectivity index (χ3v) is 6.03. The standard InChI is InChI=1S/C31H26N4O3/c32-25-11-5-7-13-27(25)35-30(36)23-16-14-21(15-17-23)19-33-31(37)28-18-29(24-10-4-6-12-26(24)34-28)38-20-22-8-2-1-3-9-22/h1-18H,19-20,32H2,(H,33,37)(H,35,36). The first-order valence-corrected chi connectivity index (χ1v) is 12.2. The fraction of sp³-hybridized carbons (Fsp3) is 0.0645. The van der Waals surface area contributed by atoms with Gasteiger partial charge in [0.2, 0.25) is 0 Å². The predicted molar refractivity (Wildman–Crippen MR) is 149 cm³/mol. The number of carbonyl (C=O) groups is 2. The largest absolute Gasteiger partial charge is 0.488 e. The Morgan fingerprint density at radius 3 is 2.26 bits per heavy atom. The minimum absolute atomic E-state index is 0.262. The van der Waals surface area contributed by atoms with Crippen LogP contribution in [0.5, 0.6) is 5.75 Å². The fourth-order valence-corrected chi connectivity index (χ4v) is 3.97. The number of hydrogen-bond acceptors (Lipinski definition) is 5. The van der Waals surface area contributed by atoms with E-state index in [1.165, 1.54) is 0 Å². The lowest BCUT2D eigenvalue weighted by atomic mass is 10.1. The zero-order valence-electron chi connectivity index (χ0n) is 20.6. The molecule has 7 heteroatoms. The van der Waals surface area contributed by atoms with Gasteiger partial charge in [-0.25, -0.2) is 4.98 Å². The fourth-order valence-electron chi connectivity index (χ4n) is 3.97. The molecule has 0 aliphatic rings. The highest BCUT2D eigenvalue weighted by atomic mass is 16.5. The van der Waals surface area contributed by atoms with Crippen molar-refractivity contribution in [1.29, 1.82) is 0 Å². The Labute approximate surface area is 220 Å². The Morgan fingerprint density at radius 1 is 0.763 bits per heavy atom. The van der Waals surface area contributed by atoms with Gasteiger partial charge < -0.3 is 21.1 Å². The number of ether oxygens (including phenoxy) is 1. The molecule has 1 aromatic heterocycles. The molecule has 0 bridgehead atoms. The van der Waals surface area contributed by atoms with E-state index in [1.807, 2.05) is 54.6 Å². The summed E-state index contributed by atoms with van der Waals surface area (Å²) in [4.78, 5) is 30.1. The molecule has 0 fully saturated rings. The van der Waals surface area contributed by atoms with Crippen LogP contribution < -0.4 is 21.1 Å². The van der Waals surface area contributed by atoms with Crippen LogP contribution in [0.3, 0.4) is 0 Å². The maximum atomic E-state index is 13.0. The molecule has 1 heterocycles. The molecule has 0 saturated heterocycles. The van der Waals surface area contributed by atoms with Crippen LogP contribution >= 0.6 is 0 Å². The number of nitrogens with zero attached hydrogens (tertiary/aromatic N) is 1. The van der Waals surface area contributed by atoms with Crippen molar-refractivity contribution in [3.63, 3.8) is 0 Å². The first-order valence-electron chi connectivity index (χ1n) is 12.2. The van der Waals surface area contributed by atoms with Crippen molar-refractivity contribution < 1.29 is 14.3 Å². The van der Waals surface area contributed by atoms with Crippen LogP contribution in [0.1, 0.15) is 32.0 Å². The average molecular weight is 503 g/mol. The lowest BCUT2D eigenvalue weighted by Crippen LogP contribution is -2.24. The van der Waals surface area contributed by atoms with Crippen molar-refractivity contribution >= 4 is 34.1 Å². The highest BCUT2D eigenvalue weighted by Crippen LogP contribution is 2.26. The van der Waals surface area contributed by atoms with Crippen molar-refractivity contribution in [2.75, 3.05) is 11.1 Å². The van der Waals surface area contributed by atoms with Gasteiger partial charge in [0.05, 0.1) is 16.9 Å². The van der Waals surface area contributed by atoms with Crippen LogP contribution in [0.4, 0.5) is 11.4 Å². The second kappa shape index (κ2) is 11.3. The summed E-state index contributed by atoms with van der Waals surface area (Å²) in [6.07, 6.45) is 0. The number of carbonyl (C=O) groups excluding carboxylic acids is 2. The average Bonchev–Trinajstić information content (AvgIpc) is 2.96. The third-order valence-electron chi connectivity index (χ3n) is 6.03. The molecular weight excluding hydrogens is 476 g/mol. The van der Waals surface area contributed by atoms with Gasteiger partial charge in [0, 0.05) is 23.6 Å². The van der Waals surface area contributed by atoms with E-state index < -0.39 is 0 Å². The number of anilines is 2. The van der Waals surface area contributed by atoms with Crippen LogP contribution in [0, 0.1) is 0 Å². The molecule has 7 nitrogen and oxygen atoms in total. The smallest absolute Gasteiger partial charge is 0.270 e. The number of para-hydroxylation sites is 3. The molecule has 5 rings (SSSR count). The monoisotopic (exact) mass is 502 g/mol. The number of rotatable bonds is 8. The van der Waals surface area contributed by atoms with Crippen LogP contribution in [0.25, 0.3) is 10.9 Å². The summed E-state index contributed by atoms with van der Waals surface area (Å²) < 4.78 is 6.08. The maximum Gasteiger partial charge on any atom is 0.270 e. The van der Waals surface area contributed by atoms with Gasteiger partial charge in [-0.3, -0.25) is 9.59 Å². The summed E-state index contributed by atoms with van der Waals surface area (Å²) in [6.45, 7) is 0.660. The highest BCUT2D eigenvalue weighted by molar-refractivity contribution is 6.05. The number of pyridine rings is 1. The van der Waals surface area contributed by atoms with E-state index in [0.717, 1.165) is 16.5 Å². The first-order chi connectivity index (χ1) is 18.6. The Bertz CT molecular complexity index is 1580. The third kappa shape index (κ3) is 5.79. The lowest BCUT2D eigenvalue weighted by Gasteiger charge is -2.12. The van der Waals surface area contributed by atoms with Crippen LogP contribution in [0.15, 0.2) is 109 Å². The van der Waals surface area contributed by atoms with Crippen molar-refractivity contribution in [2.45, 2.75) is 13.2 Å². The van der Waals surface area contributed by atoms with E-state index in [1.54, 1.807) is 54.6 Å². The van der Waals surface area contributed by atoms with Crippen molar-refractivity contribution in [3.8, 4) is 5.75 Å². The van der Waals surface area contributed by atoms with Gasteiger partial charge in [-0.1, -0.05) is 66.7 Å². The summed E-state index contributed by atoms with van der Waals surface area (Å²) in [7, 11) is 0. The summed E-state index contributed by atoms with van der Waals surface area (Å²) in [5.74, 6) is 0.0163. The molecule has 38 heavy (non-hydrogen) atoms. The topological polar surface area (TPSA) is 106 Å². The van der Waals surface area contributed by atoms with E-state index in [2.05, 4.69) is 15.6 Å². The predicted octanol–water partition coefficient (Wildman–Crippen LogP) is 5.58. The number of amides is 2. The molecule has 5 aromatic rings. The highest BCUT2D eigenvalue weighted by Gasteiger charge is 2.14. The maximum absolute atomic E-state index is 13.0. The first kappa shape index (κ1) is 24.5. The Kier molecular flexibility index (Phi) is 7.27. The van der Waals surface area contributed by atoms with Crippen LogP contribution in [-0.4, -0.2) is 16.8 Å². The van der Waals surface area contributed by atoms with E-state index >= 15 is 0 Å². The molecule has 0 aliphatic carbocycles.